The molecule has 1 unspecified atom stereocenters. The Balaban J connectivity index is 2.09. The molecule has 1 heterocycles. The molecule has 1 saturated heterocycles. The first-order chi connectivity index (χ1) is 7.86. The topological polar surface area (TPSA) is 50.5 Å². The van der Waals surface area contributed by atoms with Crippen molar-refractivity contribution in [3.8, 4) is 0 Å². The van der Waals surface area contributed by atoms with Gasteiger partial charge in [0, 0.05) is 25.7 Å². The fourth-order valence-corrected chi connectivity index (χ4v) is 2.00. The van der Waals surface area contributed by atoms with E-state index in [0.29, 0.717) is 6.04 Å². The summed E-state index contributed by atoms with van der Waals surface area (Å²) in [6, 6.07) is 0.440. The van der Waals surface area contributed by atoms with E-state index in [0.717, 1.165) is 32.8 Å². The van der Waals surface area contributed by atoms with Crippen molar-refractivity contribution >= 4 is 0 Å². The minimum absolute atomic E-state index is 0.440. The van der Waals surface area contributed by atoms with E-state index in [1.807, 2.05) is 0 Å². The normalized spacial score (nSPS) is 19.9. The molecule has 1 fully saturated rings. The molecule has 0 bridgehead atoms. The van der Waals surface area contributed by atoms with Crippen LogP contribution in [-0.4, -0.2) is 43.9 Å². The smallest absolute Gasteiger partial charge is 0.0608 e. The Hall–Kier alpha value is -0.160. The summed E-state index contributed by atoms with van der Waals surface area (Å²) < 4.78 is 5.32. The zero-order valence-electron chi connectivity index (χ0n) is 10.6. The van der Waals surface area contributed by atoms with E-state index in [4.69, 9.17) is 10.5 Å². The van der Waals surface area contributed by atoms with Crippen LogP contribution in [0.2, 0.25) is 0 Å². The lowest BCUT2D eigenvalue weighted by molar-refractivity contribution is 0.00342. The van der Waals surface area contributed by atoms with Gasteiger partial charge in [-0.25, -0.2) is 5.01 Å². The van der Waals surface area contributed by atoms with Crippen molar-refractivity contribution in [1.82, 2.24) is 10.4 Å². The Labute approximate surface area is 99.5 Å². The SMILES string of the molecule is CCCCCCC(CN)NN1CCOCC1. The average molecular weight is 229 g/mol. The molecule has 0 saturated carbocycles. The molecular formula is C12H27N3O. The quantitative estimate of drug-likeness (QED) is 0.612. The average Bonchev–Trinajstić information content (AvgIpc) is 2.34. The van der Waals surface area contributed by atoms with Crippen LogP contribution >= 0.6 is 0 Å². The van der Waals surface area contributed by atoms with Crippen molar-refractivity contribution in [3.63, 3.8) is 0 Å². The van der Waals surface area contributed by atoms with E-state index in [2.05, 4.69) is 17.4 Å². The molecule has 4 nitrogen and oxygen atoms in total. The third-order valence-electron chi connectivity index (χ3n) is 3.07. The molecule has 3 N–H and O–H groups in total. The van der Waals surface area contributed by atoms with Crippen molar-refractivity contribution in [2.75, 3.05) is 32.8 Å². The van der Waals surface area contributed by atoms with Crippen LogP contribution in [0.25, 0.3) is 0 Å². The molecule has 0 aromatic heterocycles. The van der Waals surface area contributed by atoms with Crippen LogP contribution in [0.5, 0.6) is 0 Å². The third-order valence-corrected chi connectivity index (χ3v) is 3.07. The van der Waals surface area contributed by atoms with Crippen LogP contribution in [0, 0.1) is 0 Å². The highest BCUT2D eigenvalue weighted by atomic mass is 16.5. The van der Waals surface area contributed by atoms with E-state index in [1.54, 1.807) is 0 Å². The minimum atomic E-state index is 0.440. The van der Waals surface area contributed by atoms with E-state index >= 15 is 0 Å². The molecule has 1 rings (SSSR count). The third kappa shape index (κ3) is 5.80. The number of unbranched alkanes of at least 4 members (excludes halogenated alkanes) is 3. The van der Waals surface area contributed by atoms with Crippen LogP contribution < -0.4 is 11.2 Å². The second-order valence-corrected chi connectivity index (χ2v) is 4.51. The second-order valence-electron chi connectivity index (χ2n) is 4.51. The largest absolute Gasteiger partial charge is 0.379 e. The van der Waals surface area contributed by atoms with Gasteiger partial charge in [0.2, 0.25) is 0 Å². The molecule has 1 aliphatic rings. The van der Waals surface area contributed by atoms with Crippen molar-refractivity contribution in [2.45, 2.75) is 45.1 Å². The molecule has 1 atom stereocenters. The van der Waals surface area contributed by atoms with Gasteiger partial charge in [0.25, 0.3) is 0 Å². The van der Waals surface area contributed by atoms with Crippen LogP contribution in [0.4, 0.5) is 0 Å². The van der Waals surface area contributed by atoms with Gasteiger partial charge in [0.15, 0.2) is 0 Å². The zero-order valence-corrected chi connectivity index (χ0v) is 10.6. The van der Waals surface area contributed by atoms with Gasteiger partial charge < -0.3 is 10.5 Å². The number of ether oxygens (including phenoxy) is 1. The van der Waals surface area contributed by atoms with E-state index in [1.165, 1.54) is 32.1 Å². The van der Waals surface area contributed by atoms with Crippen molar-refractivity contribution in [1.29, 1.82) is 0 Å². The van der Waals surface area contributed by atoms with E-state index < -0.39 is 0 Å². The highest BCUT2D eigenvalue weighted by molar-refractivity contribution is 4.68. The molecule has 16 heavy (non-hydrogen) atoms. The van der Waals surface area contributed by atoms with Gasteiger partial charge in [-0.3, -0.25) is 5.43 Å². The Kier molecular flexibility index (Phi) is 7.76. The molecule has 0 aromatic rings. The molecule has 0 radical (unpaired) electrons. The summed E-state index contributed by atoms with van der Waals surface area (Å²) in [5, 5.41) is 2.25. The first kappa shape index (κ1) is 13.9. The summed E-state index contributed by atoms with van der Waals surface area (Å²) >= 11 is 0. The predicted octanol–water partition coefficient (Wildman–Crippen LogP) is 1.12. The second kappa shape index (κ2) is 8.93. The lowest BCUT2D eigenvalue weighted by Crippen LogP contribution is -2.52. The fourth-order valence-electron chi connectivity index (χ4n) is 2.00. The number of rotatable bonds is 8. The molecule has 0 spiro atoms. The minimum Gasteiger partial charge on any atom is -0.379 e. The summed E-state index contributed by atoms with van der Waals surface area (Å²) in [5.41, 5.74) is 9.30. The summed E-state index contributed by atoms with van der Waals surface area (Å²) in [6.45, 7) is 6.59. The van der Waals surface area contributed by atoms with Crippen LogP contribution in [0.3, 0.4) is 0 Å². The number of hydrogen-bond acceptors (Lipinski definition) is 4. The standard InChI is InChI=1S/C12H27N3O/c1-2-3-4-5-6-12(11-13)14-15-7-9-16-10-8-15/h12,14H,2-11,13H2,1H3. The molecule has 0 aromatic carbocycles. The Morgan fingerprint density at radius 3 is 2.62 bits per heavy atom. The van der Waals surface area contributed by atoms with Gasteiger partial charge in [-0.15, -0.1) is 0 Å². The molecule has 1 aliphatic heterocycles. The van der Waals surface area contributed by atoms with Gasteiger partial charge >= 0.3 is 0 Å². The number of nitrogens with two attached hydrogens (primary N) is 1. The zero-order chi connectivity index (χ0) is 11.6. The summed E-state index contributed by atoms with van der Waals surface area (Å²) in [4.78, 5) is 0. The maximum atomic E-state index is 5.78. The molecular weight excluding hydrogens is 202 g/mol. The summed E-state index contributed by atoms with van der Waals surface area (Å²) in [5.74, 6) is 0. The summed E-state index contributed by atoms with van der Waals surface area (Å²) in [6.07, 6.45) is 6.44. The van der Waals surface area contributed by atoms with Crippen LogP contribution in [-0.2, 0) is 4.74 Å². The number of nitrogens with zero attached hydrogens (tertiary/aromatic N) is 1. The lowest BCUT2D eigenvalue weighted by atomic mass is 10.1. The van der Waals surface area contributed by atoms with Gasteiger partial charge in [0.05, 0.1) is 13.2 Å². The summed E-state index contributed by atoms with van der Waals surface area (Å²) in [7, 11) is 0. The molecule has 0 aliphatic carbocycles. The maximum Gasteiger partial charge on any atom is 0.0608 e. The Morgan fingerprint density at radius 2 is 2.00 bits per heavy atom. The van der Waals surface area contributed by atoms with Crippen LogP contribution in [0.1, 0.15) is 39.0 Å². The molecule has 96 valence electrons. The maximum absolute atomic E-state index is 5.78. The Bertz CT molecular complexity index is 160. The Morgan fingerprint density at radius 1 is 1.25 bits per heavy atom. The predicted molar refractivity (Wildman–Crippen MR) is 67.1 cm³/mol. The number of hydrogen-bond donors (Lipinski definition) is 2. The first-order valence-electron chi connectivity index (χ1n) is 6.65. The van der Waals surface area contributed by atoms with Crippen molar-refractivity contribution < 1.29 is 4.74 Å². The van der Waals surface area contributed by atoms with Gasteiger partial charge in [0.1, 0.15) is 0 Å². The molecule has 0 amide bonds. The number of hydrazine groups is 1. The van der Waals surface area contributed by atoms with E-state index in [9.17, 15) is 0 Å². The van der Waals surface area contributed by atoms with Crippen LogP contribution in [0.15, 0.2) is 0 Å². The van der Waals surface area contributed by atoms with Crippen molar-refractivity contribution in [2.24, 2.45) is 5.73 Å². The fraction of sp³-hybridized carbons (Fsp3) is 1.00. The van der Waals surface area contributed by atoms with Gasteiger partial charge in [-0.2, -0.15) is 0 Å². The lowest BCUT2D eigenvalue weighted by Gasteiger charge is -2.31. The number of nitrogens with one attached hydrogen (secondary N) is 1. The monoisotopic (exact) mass is 229 g/mol. The van der Waals surface area contributed by atoms with E-state index in [-0.39, 0.29) is 0 Å². The molecule has 4 heteroatoms. The first-order valence-corrected chi connectivity index (χ1v) is 6.65. The highest BCUT2D eigenvalue weighted by Crippen LogP contribution is 2.06. The van der Waals surface area contributed by atoms with Crippen molar-refractivity contribution in [3.05, 3.63) is 0 Å². The van der Waals surface area contributed by atoms with Gasteiger partial charge in [-0.1, -0.05) is 32.6 Å². The number of morpholine rings is 1. The highest BCUT2D eigenvalue weighted by Gasteiger charge is 2.14. The van der Waals surface area contributed by atoms with Gasteiger partial charge in [-0.05, 0) is 6.42 Å².